The Morgan fingerprint density at radius 2 is 1.89 bits per heavy atom. The normalized spacial score (nSPS) is 25.4. The molecule has 1 aromatic carbocycles. The van der Waals surface area contributed by atoms with Gasteiger partial charge in [-0.25, -0.2) is 9.97 Å². The van der Waals surface area contributed by atoms with E-state index in [1.807, 2.05) is 6.07 Å². The molecule has 3 aliphatic rings. The fourth-order valence-electron chi connectivity index (χ4n) is 4.88. The zero-order valence-corrected chi connectivity index (χ0v) is 16.0. The minimum Gasteiger partial charge on any atom is -0.355 e. The molecule has 2 unspecified atom stereocenters. The van der Waals surface area contributed by atoms with Gasteiger partial charge >= 0.3 is 0 Å². The molecule has 0 spiro atoms. The van der Waals surface area contributed by atoms with E-state index in [4.69, 9.17) is 11.6 Å². The van der Waals surface area contributed by atoms with Crippen LogP contribution in [0.5, 0.6) is 0 Å². The van der Waals surface area contributed by atoms with Crippen LogP contribution in [-0.2, 0) is 11.2 Å². The van der Waals surface area contributed by atoms with Gasteiger partial charge in [-0.15, -0.1) is 0 Å². The molecule has 2 atom stereocenters. The average Bonchev–Trinajstić information content (AvgIpc) is 3.40. The first kappa shape index (κ1) is 17.1. The molecule has 0 bridgehead atoms. The summed E-state index contributed by atoms with van der Waals surface area (Å²) in [5.74, 6) is 1.68. The first-order chi connectivity index (χ1) is 13.2. The van der Waals surface area contributed by atoms with Crippen LogP contribution in [0.3, 0.4) is 0 Å². The SMILES string of the molecule is O=C1CCN(C2CCN(c3nc(Cl)nc4c3CCC4c3ccccc3)C2)C1. The number of aromatic nitrogens is 2. The van der Waals surface area contributed by atoms with Crippen LogP contribution < -0.4 is 4.90 Å². The number of rotatable bonds is 3. The minimum absolute atomic E-state index is 0.301. The van der Waals surface area contributed by atoms with E-state index in [0.717, 1.165) is 50.4 Å². The third-order valence-corrected chi connectivity index (χ3v) is 6.41. The Morgan fingerprint density at radius 3 is 2.67 bits per heavy atom. The highest BCUT2D eigenvalue weighted by Gasteiger charge is 2.36. The Balaban J connectivity index is 1.42. The van der Waals surface area contributed by atoms with Gasteiger partial charge in [0.2, 0.25) is 5.28 Å². The summed E-state index contributed by atoms with van der Waals surface area (Å²) in [6.45, 7) is 3.39. The Kier molecular flexibility index (Phi) is 4.37. The van der Waals surface area contributed by atoms with Crippen LogP contribution in [0.4, 0.5) is 5.82 Å². The second-order valence-electron chi connectivity index (χ2n) is 7.83. The predicted molar refractivity (Wildman–Crippen MR) is 105 cm³/mol. The van der Waals surface area contributed by atoms with Crippen molar-refractivity contribution < 1.29 is 4.79 Å². The molecule has 3 heterocycles. The van der Waals surface area contributed by atoms with E-state index in [1.165, 1.54) is 11.1 Å². The van der Waals surface area contributed by atoms with Crippen LogP contribution in [0.2, 0.25) is 5.28 Å². The fourth-order valence-corrected chi connectivity index (χ4v) is 5.05. The lowest BCUT2D eigenvalue weighted by Gasteiger charge is -2.24. The molecule has 0 radical (unpaired) electrons. The van der Waals surface area contributed by atoms with Crippen LogP contribution in [0.15, 0.2) is 30.3 Å². The van der Waals surface area contributed by atoms with Gasteiger partial charge in [0, 0.05) is 43.6 Å². The number of anilines is 1. The Labute approximate surface area is 164 Å². The first-order valence-electron chi connectivity index (χ1n) is 9.81. The van der Waals surface area contributed by atoms with Crippen molar-refractivity contribution in [2.45, 2.75) is 37.6 Å². The Morgan fingerprint density at radius 1 is 1.04 bits per heavy atom. The number of carbonyl (C=O) groups is 1. The van der Waals surface area contributed by atoms with Crippen molar-refractivity contribution in [1.29, 1.82) is 0 Å². The molecule has 0 N–H and O–H groups in total. The predicted octanol–water partition coefficient (Wildman–Crippen LogP) is 3.06. The van der Waals surface area contributed by atoms with E-state index >= 15 is 0 Å². The highest BCUT2D eigenvalue weighted by Crippen LogP contribution is 2.41. The Hall–Kier alpha value is -1.98. The zero-order valence-electron chi connectivity index (χ0n) is 15.3. The molecule has 5 rings (SSSR count). The molecule has 0 amide bonds. The van der Waals surface area contributed by atoms with Crippen LogP contribution in [-0.4, -0.2) is 52.9 Å². The lowest BCUT2D eigenvalue weighted by Crippen LogP contribution is -2.36. The molecule has 2 saturated heterocycles. The van der Waals surface area contributed by atoms with Gasteiger partial charge in [0.15, 0.2) is 0 Å². The maximum Gasteiger partial charge on any atom is 0.224 e. The molecule has 27 heavy (non-hydrogen) atoms. The highest BCUT2D eigenvalue weighted by atomic mass is 35.5. The number of likely N-dealkylation sites (tertiary alicyclic amines) is 1. The average molecular weight is 383 g/mol. The van der Waals surface area contributed by atoms with Gasteiger partial charge < -0.3 is 4.90 Å². The maximum atomic E-state index is 11.6. The topological polar surface area (TPSA) is 49.3 Å². The number of halogens is 1. The summed E-state index contributed by atoms with van der Waals surface area (Å²) in [5, 5.41) is 0.339. The fraction of sp³-hybridized carbons (Fsp3) is 0.476. The Bertz CT molecular complexity index is 872. The van der Waals surface area contributed by atoms with Crippen LogP contribution in [0.1, 0.15) is 42.0 Å². The molecule has 0 saturated carbocycles. The summed E-state index contributed by atoms with van der Waals surface area (Å²) in [6.07, 6.45) is 3.82. The molecular weight excluding hydrogens is 360 g/mol. The van der Waals surface area contributed by atoms with Crippen molar-refractivity contribution in [3.8, 4) is 0 Å². The lowest BCUT2D eigenvalue weighted by atomic mass is 9.97. The summed E-state index contributed by atoms with van der Waals surface area (Å²) < 4.78 is 0. The van der Waals surface area contributed by atoms with Gasteiger partial charge in [0.1, 0.15) is 11.6 Å². The number of hydrogen-bond acceptors (Lipinski definition) is 5. The largest absolute Gasteiger partial charge is 0.355 e. The molecule has 140 valence electrons. The molecule has 2 fully saturated rings. The van der Waals surface area contributed by atoms with Crippen LogP contribution in [0, 0.1) is 0 Å². The van der Waals surface area contributed by atoms with Gasteiger partial charge in [-0.05, 0) is 36.4 Å². The smallest absolute Gasteiger partial charge is 0.224 e. The molecule has 5 nitrogen and oxygen atoms in total. The van der Waals surface area contributed by atoms with Gasteiger partial charge in [-0.3, -0.25) is 9.69 Å². The lowest BCUT2D eigenvalue weighted by molar-refractivity contribution is -0.117. The second kappa shape index (κ2) is 6.88. The molecular formula is C21H23ClN4O. The van der Waals surface area contributed by atoms with E-state index in [9.17, 15) is 4.79 Å². The summed E-state index contributed by atoms with van der Waals surface area (Å²) in [7, 11) is 0. The monoisotopic (exact) mass is 382 g/mol. The second-order valence-corrected chi connectivity index (χ2v) is 8.17. The number of nitrogens with zero attached hydrogens (tertiary/aromatic N) is 4. The van der Waals surface area contributed by atoms with E-state index in [-0.39, 0.29) is 0 Å². The highest BCUT2D eigenvalue weighted by molar-refractivity contribution is 6.28. The van der Waals surface area contributed by atoms with Crippen molar-refractivity contribution in [2.24, 2.45) is 0 Å². The van der Waals surface area contributed by atoms with Crippen LogP contribution in [0.25, 0.3) is 0 Å². The number of hydrogen-bond donors (Lipinski definition) is 0. The number of benzene rings is 1. The number of carbonyl (C=O) groups excluding carboxylic acids is 1. The summed E-state index contributed by atoms with van der Waals surface area (Å²) in [4.78, 5) is 25.6. The van der Waals surface area contributed by atoms with E-state index in [0.29, 0.717) is 36.0 Å². The van der Waals surface area contributed by atoms with E-state index in [2.05, 4.69) is 44.0 Å². The number of fused-ring (bicyclic) bond motifs is 1. The van der Waals surface area contributed by atoms with Crippen molar-refractivity contribution >= 4 is 23.2 Å². The molecule has 1 aliphatic carbocycles. The van der Waals surface area contributed by atoms with Crippen molar-refractivity contribution in [3.05, 3.63) is 52.4 Å². The van der Waals surface area contributed by atoms with Gasteiger partial charge in [-0.2, -0.15) is 0 Å². The first-order valence-corrected chi connectivity index (χ1v) is 10.2. The standard InChI is InChI=1S/C21H23ClN4O/c22-21-23-19-17(14-4-2-1-3-5-14)6-7-18(19)20(24-21)26-10-8-15(12-26)25-11-9-16(27)13-25/h1-5,15,17H,6-13H2. The third-order valence-electron chi connectivity index (χ3n) is 6.24. The third kappa shape index (κ3) is 3.13. The van der Waals surface area contributed by atoms with Crippen molar-refractivity contribution in [3.63, 3.8) is 0 Å². The van der Waals surface area contributed by atoms with Crippen molar-refractivity contribution in [1.82, 2.24) is 14.9 Å². The number of ketones is 1. The van der Waals surface area contributed by atoms with Crippen LogP contribution >= 0.6 is 11.6 Å². The van der Waals surface area contributed by atoms with E-state index < -0.39 is 0 Å². The van der Waals surface area contributed by atoms with Crippen molar-refractivity contribution in [2.75, 3.05) is 31.1 Å². The summed E-state index contributed by atoms with van der Waals surface area (Å²) in [5.41, 5.74) is 3.65. The zero-order chi connectivity index (χ0) is 18.4. The van der Waals surface area contributed by atoms with Gasteiger partial charge in [0.05, 0.1) is 12.2 Å². The molecule has 1 aromatic heterocycles. The molecule has 6 heteroatoms. The van der Waals surface area contributed by atoms with Gasteiger partial charge in [0.25, 0.3) is 0 Å². The maximum absolute atomic E-state index is 11.6. The van der Waals surface area contributed by atoms with E-state index in [1.54, 1.807) is 0 Å². The minimum atomic E-state index is 0.301. The summed E-state index contributed by atoms with van der Waals surface area (Å²) >= 11 is 6.34. The number of Topliss-reactive ketones (excluding diaryl/α,β-unsaturated/α-hetero) is 1. The molecule has 2 aliphatic heterocycles. The summed E-state index contributed by atoms with van der Waals surface area (Å²) in [6, 6.07) is 11.0. The molecule has 2 aromatic rings. The quantitative estimate of drug-likeness (QED) is 0.763. The van der Waals surface area contributed by atoms with Gasteiger partial charge in [-0.1, -0.05) is 30.3 Å².